The van der Waals surface area contributed by atoms with Crippen LogP contribution >= 0.6 is 0 Å². The summed E-state index contributed by atoms with van der Waals surface area (Å²) in [5.41, 5.74) is 5.08. The van der Waals surface area contributed by atoms with Crippen molar-refractivity contribution in [2.24, 2.45) is 0 Å². The number of rotatable bonds is 2. The molecule has 0 aromatic heterocycles. The van der Waals surface area contributed by atoms with Crippen molar-refractivity contribution in [1.29, 1.82) is 0 Å². The Morgan fingerprint density at radius 2 is 1.90 bits per heavy atom. The average Bonchev–Trinajstić information content (AvgIpc) is 2.46. The minimum atomic E-state index is 0.250. The molecule has 2 nitrogen and oxygen atoms in total. The summed E-state index contributed by atoms with van der Waals surface area (Å²) in [5, 5.41) is 13.3. The van der Waals surface area contributed by atoms with Crippen molar-refractivity contribution in [2.75, 3.05) is 5.32 Å². The van der Waals surface area contributed by atoms with Gasteiger partial charge in [-0.15, -0.1) is 0 Å². The Morgan fingerprint density at radius 3 is 2.67 bits per heavy atom. The quantitative estimate of drug-likeness (QED) is 0.765. The lowest BCUT2D eigenvalue weighted by atomic mass is 9.71. The molecule has 0 saturated carbocycles. The van der Waals surface area contributed by atoms with Crippen molar-refractivity contribution in [1.82, 2.24) is 0 Å². The number of hydrogen-bond acceptors (Lipinski definition) is 2. The van der Waals surface area contributed by atoms with Crippen LogP contribution < -0.4 is 5.32 Å². The number of benzene rings is 2. The molecular formula is C19H23NO. The van der Waals surface area contributed by atoms with E-state index in [1.54, 1.807) is 6.07 Å². The zero-order valence-electron chi connectivity index (χ0n) is 13.0. The van der Waals surface area contributed by atoms with Crippen LogP contribution in [0.5, 0.6) is 5.75 Å². The summed E-state index contributed by atoms with van der Waals surface area (Å²) < 4.78 is 0. The third kappa shape index (κ3) is 2.63. The van der Waals surface area contributed by atoms with Crippen molar-refractivity contribution in [3.63, 3.8) is 0 Å². The molecule has 0 fully saturated rings. The van der Waals surface area contributed by atoms with E-state index < -0.39 is 0 Å². The second-order valence-corrected chi connectivity index (χ2v) is 6.71. The second kappa shape index (κ2) is 5.10. The number of fused-ring (bicyclic) bond motifs is 1. The van der Waals surface area contributed by atoms with Gasteiger partial charge in [-0.2, -0.15) is 0 Å². The zero-order valence-corrected chi connectivity index (χ0v) is 13.0. The number of anilines is 1. The zero-order chi connectivity index (χ0) is 15.0. The largest absolute Gasteiger partial charge is 0.508 e. The van der Waals surface area contributed by atoms with E-state index in [0.717, 1.165) is 17.7 Å². The first-order valence-corrected chi connectivity index (χ1v) is 7.63. The number of phenolic OH excluding ortho intramolecular Hbond substituents is 1. The Hall–Kier alpha value is -1.96. The molecule has 0 amide bonds. The van der Waals surface area contributed by atoms with Gasteiger partial charge in [-0.1, -0.05) is 38.1 Å². The predicted molar refractivity (Wildman–Crippen MR) is 87.9 cm³/mol. The summed E-state index contributed by atoms with van der Waals surface area (Å²) in [5.74, 6) is 0.353. The molecule has 2 aromatic carbocycles. The molecule has 0 radical (unpaired) electrons. The summed E-state index contributed by atoms with van der Waals surface area (Å²) in [4.78, 5) is 0. The number of nitrogens with one attached hydrogen (secondary N) is 1. The van der Waals surface area contributed by atoms with E-state index in [2.05, 4.69) is 43.4 Å². The molecule has 21 heavy (non-hydrogen) atoms. The Morgan fingerprint density at radius 1 is 1.14 bits per heavy atom. The molecule has 0 aliphatic heterocycles. The number of aryl methyl sites for hydroxylation is 1. The standard InChI is InChI=1S/C19H23NO/c1-13-12-14(8-9-18(13)21)20-17-10-11-19(2,3)16-7-5-4-6-15(16)17/h4-9,12,17,20-21H,10-11H2,1-3H3. The highest BCUT2D eigenvalue weighted by Crippen LogP contribution is 2.42. The van der Waals surface area contributed by atoms with Crippen molar-refractivity contribution in [2.45, 2.75) is 45.1 Å². The van der Waals surface area contributed by atoms with Gasteiger partial charge in [0, 0.05) is 5.69 Å². The lowest BCUT2D eigenvalue weighted by molar-refractivity contribution is 0.406. The van der Waals surface area contributed by atoms with Crippen LogP contribution in [0.2, 0.25) is 0 Å². The maximum absolute atomic E-state index is 9.65. The monoisotopic (exact) mass is 281 g/mol. The maximum Gasteiger partial charge on any atom is 0.118 e. The number of aromatic hydroxyl groups is 1. The molecular weight excluding hydrogens is 258 g/mol. The van der Waals surface area contributed by atoms with Crippen LogP contribution in [0.15, 0.2) is 42.5 Å². The first-order valence-electron chi connectivity index (χ1n) is 7.63. The second-order valence-electron chi connectivity index (χ2n) is 6.71. The third-order valence-electron chi connectivity index (χ3n) is 4.66. The van der Waals surface area contributed by atoms with Crippen LogP contribution in [-0.2, 0) is 5.41 Å². The Kier molecular flexibility index (Phi) is 3.40. The van der Waals surface area contributed by atoms with Crippen LogP contribution in [0.4, 0.5) is 5.69 Å². The van der Waals surface area contributed by atoms with Crippen LogP contribution in [0.25, 0.3) is 0 Å². The van der Waals surface area contributed by atoms with Crippen LogP contribution in [0.3, 0.4) is 0 Å². The smallest absolute Gasteiger partial charge is 0.118 e. The van der Waals surface area contributed by atoms with Crippen LogP contribution in [-0.4, -0.2) is 5.11 Å². The predicted octanol–water partition coefficient (Wildman–Crippen LogP) is 4.93. The van der Waals surface area contributed by atoms with Crippen molar-refractivity contribution >= 4 is 5.69 Å². The highest BCUT2D eigenvalue weighted by atomic mass is 16.3. The minimum Gasteiger partial charge on any atom is -0.508 e. The minimum absolute atomic E-state index is 0.250. The summed E-state index contributed by atoms with van der Waals surface area (Å²) in [6, 6.07) is 14.8. The molecule has 0 saturated heterocycles. The molecule has 3 rings (SSSR count). The van der Waals surface area contributed by atoms with Gasteiger partial charge in [-0.05, 0) is 60.1 Å². The van der Waals surface area contributed by atoms with Crippen LogP contribution in [0.1, 0.15) is 49.4 Å². The van der Waals surface area contributed by atoms with Gasteiger partial charge in [-0.25, -0.2) is 0 Å². The first kappa shape index (κ1) is 14.0. The fraction of sp³-hybridized carbons (Fsp3) is 0.368. The molecule has 110 valence electrons. The van der Waals surface area contributed by atoms with Gasteiger partial charge in [-0.3, -0.25) is 0 Å². The normalized spacial score (nSPS) is 19.9. The SMILES string of the molecule is Cc1cc(NC2CCC(C)(C)c3ccccc32)ccc1O. The average molecular weight is 281 g/mol. The lowest BCUT2D eigenvalue weighted by Crippen LogP contribution is -2.29. The molecule has 1 unspecified atom stereocenters. The lowest BCUT2D eigenvalue weighted by Gasteiger charge is -2.37. The Bertz CT molecular complexity index is 660. The number of phenols is 1. The van der Waals surface area contributed by atoms with Crippen LogP contribution in [0, 0.1) is 6.92 Å². The summed E-state index contributed by atoms with van der Waals surface area (Å²) >= 11 is 0. The van der Waals surface area contributed by atoms with E-state index in [-0.39, 0.29) is 5.41 Å². The van der Waals surface area contributed by atoms with E-state index in [1.807, 2.05) is 19.1 Å². The molecule has 2 aromatic rings. The van der Waals surface area contributed by atoms with Gasteiger partial charge < -0.3 is 10.4 Å². The van der Waals surface area contributed by atoms with Gasteiger partial charge in [0.2, 0.25) is 0 Å². The molecule has 1 aliphatic rings. The van der Waals surface area contributed by atoms with E-state index in [9.17, 15) is 5.11 Å². The highest BCUT2D eigenvalue weighted by molar-refractivity contribution is 5.53. The molecule has 0 spiro atoms. The van der Waals surface area contributed by atoms with Gasteiger partial charge >= 0.3 is 0 Å². The maximum atomic E-state index is 9.65. The number of hydrogen-bond donors (Lipinski definition) is 2. The third-order valence-corrected chi connectivity index (χ3v) is 4.66. The molecule has 2 N–H and O–H groups in total. The van der Waals surface area contributed by atoms with Gasteiger partial charge in [0.1, 0.15) is 5.75 Å². The van der Waals surface area contributed by atoms with E-state index >= 15 is 0 Å². The van der Waals surface area contributed by atoms with Crippen molar-refractivity contribution in [3.05, 3.63) is 59.2 Å². The Balaban J connectivity index is 1.92. The Labute approximate surface area is 126 Å². The highest BCUT2D eigenvalue weighted by Gasteiger charge is 2.32. The van der Waals surface area contributed by atoms with Crippen molar-refractivity contribution in [3.8, 4) is 5.75 Å². The van der Waals surface area contributed by atoms with Crippen molar-refractivity contribution < 1.29 is 5.11 Å². The molecule has 0 bridgehead atoms. The molecule has 2 heteroatoms. The fourth-order valence-electron chi connectivity index (χ4n) is 3.31. The van der Waals surface area contributed by atoms with Gasteiger partial charge in [0.05, 0.1) is 6.04 Å². The molecule has 1 aliphatic carbocycles. The summed E-state index contributed by atoms with van der Waals surface area (Å²) in [6.07, 6.45) is 2.31. The topological polar surface area (TPSA) is 32.3 Å². The first-order chi connectivity index (χ1) is 9.97. The molecule has 1 atom stereocenters. The fourth-order valence-corrected chi connectivity index (χ4v) is 3.31. The van der Waals surface area contributed by atoms with Gasteiger partial charge in [0.15, 0.2) is 0 Å². The van der Waals surface area contributed by atoms with E-state index in [0.29, 0.717) is 11.8 Å². The van der Waals surface area contributed by atoms with E-state index in [4.69, 9.17) is 0 Å². The van der Waals surface area contributed by atoms with Gasteiger partial charge in [0.25, 0.3) is 0 Å². The van der Waals surface area contributed by atoms with E-state index in [1.165, 1.54) is 17.5 Å². The summed E-state index contributed by atoms with van der Waals surface area (Å²) in [7, 11) is 0. The molecule has 0 heterocycles. The summed E-state index contributed by atoms with van der Waals surface area (Å²) in [6.45, 7) is 6.58.